The molecule has 0 aromatic carbocycles. The number of aromatic nitrogens is 4. The molecule has 2 heterocycles. The van der Waals surface area contributed by atoms with E-state index in [1.54, 1.807) is 0 Å². The molecule has 0 saturated heterocycles. The van der Waals surface area contributed by atoms with Crippen molar-refractivity contribution in [3.05, 3.63) is 37.4 Å². The van der Waals surface area contributed by atoms with Crippen LogP contribution in [-0.2, 0) is 13.1 Å². The Kier molecular flexibility index (Phi) is 8.43. The highest BCUT2D eigenvalue weighted by atomic mass is 15.0. The van der Waals surface area contributed by atoms with Gasteiger partial charge in [0.05, 0.1) is 13.1 Å². The Hall–Kier alpha value is -1.58. The number of hydrogen-bond donors (Lipinski definition) is 2. The second kappa shape index (κ2) is 11.0. The number of rotatable bonds is 13. The van der Waals surface area contributed by atoms with Crippen molar-refractivity contribution in [2.45, 2.75) is 77.3 Å². The minimum atomic E-state index is 1.16. The summed E-state index contributed by atoms with van der Waals surface area (Å²) < 4.78 is 4.46. The Morgan fingerprint density at radius 2 is 0.864 bits per heavy atom. The molecule has 4 heteroatoms. The van der Waals surface area contributed by atoms with Crippen molar-refractivity contribution in [3.8, 4) is 0 Å². The van der Waals surface area contributed by atoms with Crippen LogP contribution in [0.25, 0.3) is 0 Å². The monoisotopic (exact) mass is 304 g/mol. The van der Waals surface area contributed by atoms with Crippen LogP contribution in [-0.4, -0.2) is 9.97 Å². The Bertz CT molecular complexity index is 403. The molecule has 2 N–H and O–H groups in total. The van der Waals surface area contributed by atoms with Gasteiger partial charge >= 0.3 is 0 Å². The summed E-state index contributed by atoms with van der Waals surface area (Å²) in [5, 5.41) is 0. The molecule has 0 aliphatic carbocycles. The molecule has 0 atom stereocenters. The number of imidazole rings is 2. The van der Waals surface area contributed by atoms with Gasteiger partial charge in [0, 0.05) is 0 Å². The smallest absolute Gasteiger partial charge is 0.241 e. The lowest BCUT2D eigenvalue weighted by atomic mass is 10.1. The Morgan fingerprint density at radius 3 is 1.18 bits per heavy atom. The highest BCUT2D eigenvalue weighted by molar-refractivity contribution is 4.56. The largest absolute Gasteiger partial charge is 0.250 e. The van der Waals surface area contributed by atoms with Crippen molar-refractivity contribution < 1.29 is 9.13 Å². The standard InChI is InChI=1S/C18H30N4/c1(3-5-7-9-13-21-15-11-19-17-21)2-4-6-8-10-14-22-16-12-20-18-22/h11-12,15-18H,1-10,13-14H2/p+2. The summed E-state index contributed by atoms with van der Waals surface area (Å²) in [5.74, 6) is 0. The molecule has 0 aliphatic rings. The average Bonchev–Trinajstić information content (AvgIpc) is 3.21. The third-order valence-corrected chi connectivity index (χ3v) is 4.29. The van der Waals surface area contributed by atoms with E-state index in [4.69, 9.17) is 0 Å². The average molecular weight is 304 g/mol. The van der Waals surface area contributed by atoms with E-state index in [0.717, 1.165) is 13.1 Å². The number of aromatic amines is 2. The number of nitrogens with zero attached hydrogens (tertiary/aromatic N) is 2. The molecule has 2 aromatic rings. The van der Waals surface area contributed by atoms with Gasteiger partial charge in [0.15, 0.2) is 0 Å². The summed E-state index contributed by atoms with van der Waals surface area (Å²) in [6.07, 6.45) is 26.1. The van der Waals surface area contributed by atoms with Crippen LogP contribution < -0.4 is 9.13 Å². The lowest BCUT2D eigenvalue weighted by Gasteiger charge is -2.02. The molecule has 0 radical (unpaired) electrons. The molecule has 0 spiro atoms. The Balaban J connectivity index is 1.29. The molecule has 4 nitrogen and oxygen atoms in total. The fourth-order valence-electron chi connectivity index (χ4n) is 2.92. The lowest BCUT2D eigenvalue weighted by Crippen LogP contribution is -2.30. The van der Waals surface area contributed by atoms with E-state index in [1.165, 1.54) is 64.2 Å². The first kappa shape index (κ1) is 16.8. The van der Waals surface area contributed by atoms with Crippen LogP contribution in [0.2, 0.25) is 0 Å². The van der Waals surface area contributed by atoms with Gasteiger partial charge in [-0.15, -0.1) is 0 Å². The molecule has 2 aromatic heterocycles. The topological polar surface area (TPSA) is 39.3 Å². The van der Waals surface area contributed by atoms with E-state index in [0.29, 0.717) is 0 Å². The predicted octanol–water partition coefficient (Wildman–Crippen LogP) is 3.52. The van der Waals surface area contributed by atoms with Crippen LogP contribution in [0, 0.1) is 0 Å². The third-order valence-electron chi connectivity index (χ3n) is 4.29. The van der Waals surface area contributed by atoms with E-state index in [9.17, 15) is 0 Å². The van der Waals surface area contributed by atoms with Crippen molar-refractivity contribution in [2.24, 2.45) is 0 Å². The van der Waals surface area contributed by atoms with Crippen LogP contribution in [0.1, 0.15) is 64.2 Å². The number of hydrogen-bond acceptors (Lipinski definition) is 0. The summed E-state index contributed by atoms with van der Waals surface area (Å²) in [6, 6.07) is 0. The molecule has 0 unspecified atom stereocenters. The van der Waals surface area contributed by atoms with Crippen LogP contribution in [0.3, 0.4) is 0 Å². The lowest BCUT2D eigenvalue weighted by molar-refractivity contribution is -0.696. The van der Waals surface area contributed by atoms with Gasteiger partial charge in [-0.3, -0.25) is 9.97 Å². The van der Waals surface area contributed by atoms with Crippen molar-refractivity contribution in [3.63, 3.8) is 0 Å². The SMILES string of the molecule is c1c[n+](CCCCCCCCCCCC[n+]2cc[nH]c2)c[nH]1. The fourth-order valence-corrected chi connectivity index (χ4v) is 2.92. The molecule has 0 amide bonds. The van der Waals surface area contributed by atoms with Gasteiger partial charge in [-0.05, 0) is 25.7 Å². The Morgan fingerprint density at radius 1 is 0.500 bits per heavy atom. The van der Waals surface area contributed by atoms with Gasteiger partial charge in [-0.1, -0.05) is 38.5 Å². The normalized spacial score (nSPS) is 11.1. The van der Waals surface area contributed by atoms with Gasteiger partial charge in [-0.25, -0.2) is 9.13 Å². The number of aryl methyl sites for hydroxylation is 2. The third kappa shape index (κ3) is 7.43. The van der Waals surface area contributed by atoms with Crippen molar-refractivity contribution in [2.75, 3.05) is 0 Å². The van der Waals surface area contributed by atoms with Gasteiger partial charge in [-0.2, -0.15) is 0 Å². The first-order valence-corrected chi connectivity index (χ1v) is 8.99. The minimum absolute atomic E-state index is 1.16. The maximum atomic E-state index is 3.09. The van der Waals surface area contributed by atoms with Gasteiger partial charge in [0.25, 0.3) is 0 Å². The van der Waals surface area contributed by atoms with Gasteiger partial charge in [0.2, 0.25) is 12.7 Å². The first-order valence-electron chi connectivity index (χ1n) is 8.99. The number of H-pyrrole nitrogens is 2. The Labute approximate surface area is 134 Å². The molecule has 22 heavy (non-hydrogen) atoms. The summed E-state index contributed by atoms with van der Waals surface area (Å²) in [4.78, 5) is 6.17. The van der Waals surface area contributed by atoms with E-state index < -0.39 is 0 Å². The zero-order valence-corrected chi connectivity index (χ0v) is 13.8. The van der Waals surface area contributed by atoms with Crippen LogP contribution >= 0.6 is 0 Å². The number of unbranched alkanes of at least 4 members (excludes halogenated alkanes) is 9. The van der Waals surface area contributed by atoms with E-state index >= 15 is 0 Å². The molecule has 0 saturated carbocycles. The van der Waals surface area contributed by atoms with Gasteiger partial charge in [0.1, 0.15) is 24.8 Å². The van der Waals surface area contributed by atoms with Crippen LogP contribution in [0.15, 0.2) is 37.4 Å². The highest BCUT2D eigenvalue weighted by Gasteiger charge is 1.98. The van der Waals surface area contributed by atoms with Gasteiger partial charge < -0.3 is 0 Å². The van der Waals surface area contributed by atoms with Crippen molar-refractivity contribution in [1.29, 1.82) is 0 Å². The maximum Gasteiger partial charge on any atom is 0.241 e. The summed E-state index contributed by atoms with van der Waals surface area (Å²) >= 11 is 0. The van der Waals surface area contributed by atoms with E-state index in [2.05, 4.69) is 31.5 Å². The molecule has 122 valence electrons. The molecule has 0 fully saturated rings. The molecular weight excluding hydrogens is 272 g/mol. The molecule has 0 aliphatic heterocycles. The predicted molar refractivity (Wildman–Crippen MR) is 88.1 cm³/mol. The highest BCUT2D eigenvalue weighted by Crippen LogP contribution is 2.10. The van der Waals surface area contributed by atoms with E-state index in [1.807, 2.05) is 25.0 Å². The molecule has 2 rings (SSSR count). The minimum Gasteiger partial charge on any atom is -0.250 e. The molecular formula is C18H32N4+2. The summed E-state index contributed by atoms with van der Waals surface area (Å²) in [7, 11) is 0. The van der Waals surface area contributed by atoms with E-state index in [-0.39, 0.29) is 0 Å². The zero-order valence-electron chi connectivity index (χ0n) is 13.8. The molecule has 0 bridgehead atoms. The van der Waals surface area contributed by atoms with Crippen molar-refractivity contribution >= 4 is 0 Å². The first-order chi connectivity index (χ1) is 10.9. The van der Waals surface area contributed by atoms with Crippen molar-refractivity contribution in [1.82, 2.24) is 9.97 Å². The maximum absolute atomic E-state index is 3.09. The second-order valence-corrected chi connectivity index (χ2v) is 6.23. The number of nitrogens with one attached hydrogen (secondary N) is 2. The zero-order chi connectivity index (χ0) is 15.3. The summed E-state index contributed by atoms with van der Waals surface area (Å²) in [5.41, 5.74) is 0. The van der Waals surface area contributed by atoms with Crippen LogP contribution in [0.4, 0.5) is 0 Å². The quantitative estimate of drug-likeness (QED) is 0.420. The summed E-state index contributed by atoms with van der Waals surface area (Å²) in [6.45, 7) is 2.31. The second-order valence-electron chi connectivity index (χ2n) is 6.23. The van der Waals surface area contributed by atoms with Crippen LogP contribution in [0.5, 0.6) is 0 Å². The fraction of sp³-hybridized carbons (Fsp3) is 0.667.